The van der Waals surface area contributed by atoms with Crippen molar-refractivity contribution in [3.63, 3.8) is 0 Å². The molecule has 3 aliphatic carbocycles. The second-order valence-electron chi connectivity index (χ2n) is 7.87. The summed E-state index contributed by atoms with van der Waals surface area (Å²) < 4.78 is 39.4. The maximum Gasteiger partial charge on any atom is 0.416 e. The van der Waals surface area contributed by atoms with Crippen LogP contribution in [-0.4, -0.2) is 16.0 Å². The molecule has 1 heterocycles. The highest BCUT2D eigenvalue weighted by Gasteiger charge is 2.50. The first-order chi connectivity index (χ1) is 12.7. The zero-order chi connectivity index (χ0) is 19.2. The van der Waals surface area contributed by atoms with Crippen LogP contribution in [0.3, 0.4) is 0 Å². The molecule has 1 aromatic heterocycles. The Morgan fingerprint density at radius 2 is 2.07 bits per heavy atom. The van der Waals surface area contributed by atoms with E-state index in [2.05, 4.69) is 30.1 Å². The molecule has 144 valence electrons. The molecule has 2 unspecified atom stereocenters. The van der Waals surface area contributed by atoms with Gasteiger partial charge in [-0.1, -0.05) is 60.7 Å². The van der Waals surface area contributed by atoms with Crippen molar-refractivity contribution in [2.24, 2.45) is 17.3 Å². The third kappa shape index (κ3) is 3.68. The van der Waals surface area contributed by atoms with Crippen LogP contribution in [-0.2, 0) is 6.18 Å². The molecule has 0 saturated heterocycles. The fourth-order valence-electron chi connectivity index (χ4n) is 4.23. The van der Waals surface area contributed by atoms with E-state index in [-0.39, 0.29) is 0 Å². The molecule has 0 radical (unpaired) electrons. The van der Waals surface area contributed by atoms with Crippen molar-refractivity contribution in [2.75, 3.05) is 5.75 Å². The zero-order valence-corrected chi connectivity index (χ0v) is 16.8. The third-order valence-corrected chi connectivity index (χ3v) is 8.15. The Bertz CT molecular complexity index is 870. The fourth-order valence-corrected chi connectivity index (χ4v) is 6.13. The molecule has 3 aliphatic rings. The molecule has 2 atom stereocenters. The van der Waals surface area contributed by atoms with Gasteiger partial charge in [-0.2, -0.15) is 13.2 Å². The van der Waals surface area contributed by atoms with Gasteiger partial charge < -0.3 is 0 Å². The number of benzene rings is 1. The van der Waals surface area contributed by atoms with Crippen molar-refractivity contribution < 1.29 is 13.2 Å². The van der Waals surface area contributed by atoms with Crippen LogP contribution in [0.2, 0.25) is 0 Å². The normalized spacial score (nSPS) is 23.7. The summed E-state index contributed by atoms with van der Waals surface area (Å²) in [5.41, 5.74) is 1.81. The zero-order valence-electron chi connectivity index (χ0n) is 15.2. The van der Waals surface area contributed by atoms with Gasteiger partial charge in [0.05, 0.1) is 5.56 Å². The van der Waals surface area contributed by atoms with Crippen LogP contribution >= 0.6 is 23.1 Å². The van der Waals surface area contributed by atoms with Gasteiger partial charge in [0.2, 0.25) is 0 Å². The number of halogens is 3. The molecule has 7 heteroatoms. The highest BCUT2D eigenvalue weighted by Crippen LogP contribution is 2.59. The number of alkyl halides is 3. The van der Waals surface area contributed by atoms with Crippen molar-refractivity contribution in [3.8, 4) is 10.6 Å². The number of allylic oxidation sites excluding steroid dienone is 2. The van der Waals surface area contributed by atoms with Crippen molar-refractivity contribution in [1.29, 1.82) is 0 Å². The molecule has 0 amide bonds. The van der Waals surface area contributed by atoms with E-state index >= 15 is 0 Å². The van der Waals surface area contributed by atoms with E-state index in [9.17, 15) is 13.2 Å². The molecule has 1 aromatic carbocycles. The van der Waals surface area contributed by atoms with Crippen molar-refractivity contribution in [2.45, 2.75) is 43.6 Å². The molecule has 2 bridgehead atoms. The van der Waals surface area contributed by atoms with E-state index in [0.29, 0.717) is 21.9 Å². The van der Waals surface area contributed by atoms with Gasteiger partial charge in [0, 0.05) is 11.3 Å². The molecule has 2 aromatic rings. The lowest BCUT2D eigenvalue weighted by Gasteiger charge is -2.56. The van der Waals surface area contributed by atoms with E-state index in [4.69, 9.17) is 0 Å². The number of nitrogens with zero attached hydrogens (tertiary/aromatic N) is 2. The van der Waals surface area contributed by atoms with Gasteiger partial charge in [-0.15, -0.1) is 10.2 Å². The molecule has 1 fully saturated rings. The smallest absolute Gasteiger partial charge is 0.166 e. The average Bonchev–Trinajstić information content (AvgIpc) is 3.10. The lowest BCUT2D eigenvalue weighted by Crippen LogP contribution is -2.48. The predicted molar refractivity (Wildman–Crippen MR) is 104 cm³/mol. The maximum absolute atomic E-state index is 12.9. The monoisotopic (exact) mass is 410 g/mol. The summed E-state index contributed by atoms with van der Waals surface area (Å²) in [6.45, 7) is 4.75. The Kier molecular flexibility index (Phi) is 4.87. The molecule has 5 rings (SSSR count). The van der Waals surface area contributed by atoms with Gasteiger partial charge >= 0.3 is 6.18 Å². The van der Waals surface area contributed by atoms with Crippen LogP contribution in [0.1, 0.15) is 38.7 Å². The van der Waals surface area contributed by atoms with E-state index in [0.717, 1.165) is 34.6 Å². The summed E-state index contributed by atoms with van der Waals surface area (Å²) >= 11 is 3.00. The number of rotatable bonds is 5. The van der Waals surface area contributed by atoms with Gasteiger partial charge in [0.15, 0.2) is 4.34 Å². The Hall–Kier alpha value is -1.34. The minimum atomic E-state index is -4.35. The number of hydrogen-bond acceptors (Lipinski definition) is 4. The molecule has 0 aliphatic heterocycles. The summed E-state index contributed by atoms with van der Waals surface area (Å²) in [5.74, 6) is 2.49. The van der Waals surface area contributed by atoms with E-state index in [1.54, 1.807) is 23.4 Å². The number of fused-ring (bicyclic) bond motifs is 1. The second kappa shape index (κ2) is 6.92. The Balaban J connectivity index is 1.37. The first-order valence-electron chi connectivity index (χ1n) is 9.08. The minimum absolute atomic E-state index is 0.439. The van der Waals surface area contributed by atoms with Crippen LogP contribution in [0.15, 0.2) is 40.3 Å². The van der Waals surface area contributed by atoms with Gasteiger partial charge in [0.25, 0.3) is 0 Å². The summed E-state index contributed by atoms with van der Waals surface area (Å²) in [6, 6.07) is 5.27. The molecule has 0 N–H and O–H groups in total. The van der Waals surface area contributed by atoms with Crippen LogP contribution < -0.4 is 0 Å². The van der Waals surface area contributed by atoms with Crippen LogP contribution in [0, 0.1) is 17.3 Å². The molecular formula is C20H21F3N2S2. The minimum Gasteiger partial charge on any atom is -0.166 e. The Morgan fingerprint density at radius 1 is 1.26 bits per heavy atom. The molecule has 0 spiro atoms. The van der Waals surface area contributed by atoms with E-state index in [1.807, 2.05) is 0 Å². The van der Waals surface area contributed by atoms with Gasteiger partial charge in [-0.05, 0) is 48.6 Å². The quantitative estimate of drug-likeness (QED) is 0.405. The molecule has 1 saturated carbocycles. The lowest BCUT2D eigenvalue weighted by atomic mass is 9.48. The maximum atomic E-state index is 12.9. The average molecular weight is 411 g/mol. The second-order valence-corrected chi connectivity index (χ2v) is 10.2. The largest absolute Gasteiger partial charge is 0.416 e. The summed E-state index contributed by atoms with van der Waals surface area (Å²) in [4.78, 5) is 0. The number of thioether (sulfide) groups is 1. The standard InChI is InChI=1S/C20H21F3N2S2/c1-19(2)14-7-6-12(16(19)11-14)8-9-26-18-25-24-17(27-18)13-4-3-5-15(10-13)20(21,22)23/h3-6,10,14,16H,7-9,11H2,1-2H3. The van der Waals surface area contributed by atoms with Gasteiger partial charge in [-0.25, -0.2) is 0 Å². The van der Waals surface area contributed by atoms with Gasteiger partial charge in [-0.3, -0.25) is 0 Å². The SMILES string of the molecule is CC1(C)C2CC=C(CCSc3nnc(-c4cccc(C(F)(F)F)c4)s3)C1C2. The first-order valence-corrected chi connectivity index (χ1v) is 10.9. The fraction of sp³-hybridized carbons (Fsp3) is 0.500. The highest BCUT2D eigenvalue weighted by atomic mass is 32.2. The molecule has 27 heavy (non-hydrogen) atoms. The van der Waals surface area contributed by atoms with Crippen molar-refractivity contribution >= 4 is 23.1 Å². The molecular weight excluding hydrogens is 389 g/mol. The highest BCUT2D eigenvalue weighted by molar-refractivity contribution is 8.01. The topological polar surface area (TPSA) is 25.8 Å². The van der Waals surface area contributed by atoms with Crippen molar-refractivity contribution in [3.05, 3.63) is 41.5 Å². The van der Waals surface area contributed by atoms with E-state index in [1.165, 1.54) is 30.2 Å². The lowest BCUT2D eigenvalue weighted by molar-refractivity contribution is -0.137. The van der Waals surface area contributed by atoms with Crippen LogP contribution in [0.4, 0.5) is 13.2 Å². The van der Waals surface area contributed by atoms with Crippen molar-refractivity contribution in [1.82, 2.24) is 10.2 Å². The third-order valence-electron chi connectivity index (χ3n) is 6.04. The summed E-state index contributed by atoms with van der Waals surface area (Å²) in [6.07, 6.45) is 1.63. The first kappa shape index (κ1) is 19.0. The summed E-state index contributed by atoms with van der Waals surface area (Å²) in [5, 5.41) is 8.77. The van der Waals surface area contributed by atoms with Crippen LogP contribution in [0.5, 0.6) is 0 Å². The number of hydrogen-bond donors (Lipinski definition) is 0. The Morgan fingerprint density at radius 3 is 2.78 bits per heavy atom. The Labute approximate surface area is 165 Å². The van der Waals surface area contributed by atoms with Crippen LogP contribution in [0.25, 0.3) is 10.6 Å². The number of aromatic nitrogens is 2. The van der Waals surface area contributed by atoms with E-state index < -0.39 is 11.7 Å². The summed E-state index contributed by atoms with van der Waals surface area (Å²) in [7, 11) is 0. The predicted octanol–water partition coefficient (Wildman–Crippen LogP) is 6.70. The molecule has 2 nitrogen and oxygen atoms in total. The van der Waals surface area contributed by atoms with Gasteiger partial charge in [0.1, 0.15) is 5.01 Å².